The van der Waals surface area contributed by atoms with Crippen molar-refractivity contribution < 1.29 is 0 Å². The molecule has 5 heteroatoms. The van der Waals surface area contributed by atoms with Crippen molar-refractivity contribution in [2.75, 3.05) is 20.1 Å². The maximum atomic E-state index is 4.72. The molecule has 0 amide bonds. The quantitative estimate of drug-likeness (QED) is 0.563. The molecule has 0 radical (unpaired) electrons. The summed E-state index contributed by atoms with van der Waals surface area (Å²) in [6, 6.07) is 8.89. The lowest BCUT2D eigenvalue weighted by Gasteiger charge is -2.28. The molecule has 1 aliphatic heterocycles. The number of piperidine rings is 1. The van der Waals surface area contributed by atoms with Crippen molar-refractivity contribution in [3.05, 3.63) is 41.0 Å². The zero-order valence-corrected chi connectivity index (χ0v) is 17.3. The third-order valence-electron chi connectivity index (χ3n) is 5.13. The SMILES string of the molecule is CCc1sc2ncnc(SC3CCN(C)CC3)c2c1-c1ccc(C)cc1. The van der Waals surface area contributed by atoms with Crippen LogP contribution in [0.2, 0.25) is 0 Å². The summed E-state index contributed by atoms with van der Waals surface area (Å²) in [5, 5.41) is 3.08. The predicted molar refractivity (Wildman–Crippen MR) is 113 cm³/mol. The van der Waals surface area contributed by atoms with E-state index in [1.165, 1.54) is 52.9 Å². The fourth-order valence-electron chi connectivity index (χ4n) is 3.58. The minimum Gasteiger partial charge on any atom is -0.306 e. The molecular weight excluding hydrogens is 358 g/mol. The summed E-state index contributed by atoms with van der Waals surface area (Å²) in [4.78, 5) is 14.3. The number of hydrogen-bond donors (Lipinski definition) is 0. The van der Waals surface area contributed by atoms with Crippen LogP contribution < -0.4 is 0 Å². The van der Waals surface area contributed by atoms with Crippen molar-refractivity contribution in [1.29, 1.82) is 0 Å². The fraction of sp³-hybridized carbons (Fsp3) is 0.429. The molecule has 2 aromatic heterocycles. The van der Waals surface area contributed by atoms with Gasteiger partial charge in [0.2, 0.25) is 0 Å². The van der Waals surface area contributed by atoms with Gasteiger partial charge in [-0.2, -0.15) is 0 Å². The van der Waals surface area contributed by atoms with Gasteiger partial charge in [-0.1, -0.05) is 36.8 Å². The second kappa shape index (κ2) is 7.67. The van der Waals surface area contributed by atoms with Gasteiger partial charge in [0.25, 0.3) is 0 Å². The lowest BCUT2D eigenvalue weighted by atomic mass is 10.0. The Morgan fingerprint density at radius 1 is 1.15 bits per heavy atom. The lowest BCUT2D eigenvalue weighted by molar-refractivity contribution is 0.282. The van der Waals surface area contributed by atoms with Crippen molar-refractivity contribution in [3.63, 3.8) is 0 Å². The molecule has 1 saturated heterocycles. The summed E-state index contributed by atoms with van der Waals surface area (Å²) in [6.45, 7) is 6.74. The van der Waals surface area contributed by atoms with E-state index >= 15 is 0 Å². The topological polar surface area (TPSA) is 29.0 Å². The minimum atomic E-state index is 0.653. The van der Waals surface area contributed by atoms with Crippen LogP contribution in [0.5, 0.6) is 0 Å². The molecule has 0 spiro atoms. The van der Waals surface area contributed by atoms with Gasteiger partial charge in [-0.15, -0.1) is 23.1 Å². The largest absolute Gasteiger partial charge is 0.306 e. The van der Waals surface area contributed by atoms with Crippen molar-refractivity contribution in [2.24, 2.45) is 0 Å². The molecule has 1 aromatic carbocycles. The van der Waals surface area contributed by atoms with Gasteiger partial charge >= 0.3 is 0 Å². The minimum absolute atomic E-state index is 0.653. The fourth-order valence-corrected chi connectivity index (χ4v) is 5.93. The zero-order valence-electron chi connectivity index (χ0n) is 15.7. The number of thioether (sulfide) groups is 1. The highest BCUT2D eigenvalue weighted by Crippen LogP contribution is 2.43. The van der Waals surface area contributed by atoms with E-state index in [4.69, 9.17) is 4.98 Å². The first-order valence-corrected chi connectivity index (χ1v) is 11.0. The van der Waals surface area contributed by atoms with E-state index in [9.17, 15) is 0 Å². The molecule has 136 valence electrons. The van der Waals surface area contributed by atoms with Gasteiger partial charge in [0.05, 0.1) is 5.39 Å². The summed E-state index contributed by atoms with van der Waals surface area (Å²) in [6.07, 6.45) is 5.24. The normalized spacial score (nSPS) is 16.4. The molecule has 0 bridgehead atoms. The molecule has 3 nitrogen and oxygen atoms in total. The van der Waals surface area contributed by atoms with Gasteiger partial charge in [-0.25, -0.2) is 9.97 Å². The van der Waals surface area contributed by atoms with E-state index in [1.54, 1.807) is 6.33 Å². The molecule has 3 aromatic rings. The van der Waals surface area contributed by atoms with Crippen molar-refractivity contribution in [1.82, 2.24) is 14.9 Å². The Hall–Kier alpha value is -1.43. The van der Waals surface area contributed by atoms with Crippen LogP contribution >= 0.6 is 23.1 Å². The van der Waals surface area contributed by atoms with E-state index in [1.807, 2.05) is 23.1 Å². The number of hydrogen-bond acceptors (Lipinski definition) is 5. The highest BCUT2D eigenvalue weighted by molar-refractivity contribution is 8.00. The van der Waals surface area contributed by atoms with E-state index in [2.05, 4.69) is 55.0 Å². The van der Waals surface area contributed by atoms with Gasteiger partial charge in [0.1, 0.15) is 16.2 Å². The number of thiophene rings is 1. The smallest absolute Gasteiger partial charge is 0.128 e. The van der Waals surface area contributed by atoms with Crippen LogP contribution in [0.1, 0.15) is 30.2 Å². The summed E-state index contributed by atoms with van der Waals surface area (Å²) in [5.74, 6) is 0. The molecule has 1 fully saturated rings. The van der Waals surface area contributed by atoms with Crippen LogP contribution in [0.15, 0.2) is 35.6 Å². The highest BCUT2D eigenvalue weighted by Gasteiger charge is 2.23. The number of rotatable bonds is 4. The molecule has 26 heavy (non-hydrogen) atoms. The van der Waals surface area contributed by atoms with Crippen LogP contribution in [0.3, 0.4) is 0 Å². The van der Waals surface area contributed by atoms with Crippen molar-refractivity contribution >= 4 is 33.3 Å². The third kappa shape index (κ3) is 3.53. The summed E-state index contributed by atoms with van der Waals surface area (Å²) >= 11 is 3.79. The first-order chi connectivity index (χ1) is 12.7. The Bertz CT molecular complexity index is 894. The number of fused-ring (bicyclic) bond motifs is 1. The van der Waals surface area contributed by atoms with Crippen molar-refractivity contribution in [3.8, 4) is 11.1 Å². The van der Waals surface area contributed by atoms with Crippen LogP contribution in [-0.2, 0) is 6.42 Å². The predicted octanol–water partition coefficient (Wildman–Crippen LogP) is 5.42. The van der Waals surface area contributed by atoms with Crippen LogP contribution in [0.4, 0.5) is 0 Å². The van der Waals surface area contributed by atoms with E-state index in [-0.39, 0.29) is 0 Å². The maximum absolute atomic E-state index is 4.72. The summed E-state index contributed by atoms with van der Waals surface area (Å²) < 4.78 is 0. The number of aryl methyl sites for hydroxylation is 2. The molecule has 0 saturated carbocycles. The molecule has 3 heterocycles. The Kier molecular flexibility index (Phi) is 5.30. The van der Waals surface area contributed by atoms with Gasteiger partial charge in [-0.3, -0.25) is 0 Å². The van der Waals surface area contributed by atoms with E-state index in [0.717, 1.165) is 16.3 Å². The molecule has 0 unspecified atom stereocenters. The zero-order chi connectivity index (χ0) is 18.1. The molecule has 0 aliphatic carbocycles. The van der Waals surface area contributed by atoms with Gasteiger partial charge < -0.3 is 4.90 Å². The Morgan fingerprint density at radius 3 is 2.58 bits per heavy atom. The Balaban J connectivity index is 1.78. The summed E-state index contributed by atoms with van der Waals surface area (Å²) in [5.41, 5.74) is 3.94. The molecular formula is C21H25N3S2. The monoisotopic (exact) mass is 383 g/mol. The number of benzene rings is 1. The third-order valence-corrected chi connectivity index (χ3v) is 7.71. The van der Waals surface area contributed by atoms with Gasteiger partial charge in [-0.05, 0) is 51.9 Å². The lowest BCUT2D eigenvalue weighted by Crippen LogP contribution is -2.31. The average Bonchev–Trinajstić information content (AvgIpc) is 3.04. The molecule has 0 N–H and O–H groups in total. The van der Waals surface area contributed by atoms with Crippen LogP contribution in [0.25, 0.3) is 21.3 Å². The van der Waals surface area contributed by atoms with Crippen molar-refractivity contribution in [2.45, 2.75) is 43.4 Å². The molecule has 0 atom stereocenters. The Morgan fingerprint density at radius 2 is 1.88 bits per heavy atom. The number of aromatic nitrogens is 2. The van der Waals surface area contributed by atoms with E-state index in [0.29, 0.717) is 5.25 Å². The number of nitrogens with zero attached hydrogens (tertiary/aromatic N) is 3. The second-order valence-corrected chi connectivity index (χ2v) is 9.47. The summed E-state index contributed by atoms with van der Waals surface area (Å²) in [7, 11) is 2.21. The van der Waals surface area contributed by atoms with Gasteiger partial charge in [0.15, 0.2) is 0 Å². The Labute approximate surface area is 163 Å². The maximum Gasteiger partial charge on any atom is 0.128 e. The van der Waals surface area contributed by atoms with Crippen LogP contribution in [0, 0.1) is 6.92 Å². The molecule has 4 rings (SSSR count). The first kappa shape index (κ1) is 18.0. The second-order valence-electron chi connectivity index (χ2n) is 7.10. The van der Waals surface area contributed by atoms with Gasteiger partial charge in [0, 0.05) is 15.7 Å². The number of likely N-dealkylation sites (tertiary alicyclic amines) is 1. The van der Waals surface area contributed by atoms with E-state index < -0.39 is 0 Å². The first-order valence-electron chi connectivity index (χ1n) is 9.34. The van der Waals surface area contributed by atoms with Crippen LogP contribution in [-0.4, -0.2) is 40.3 Å². The standard InChI is InChI=1S/C21H25N3S2/c1-4-17-18(15-7-5-14(2)6-8-15)19-20(22-13-23-21(19)26-17)25-16-9-11-24(3)12-10-16/h5-8,13,16H,4,9-12H2,1-3H3. The molecule has 1 aliphatic rings. The average molecular weight is 384 g/mol. The highest BCUT2D eigenvalue weighted by atomic mass is 32.2.